The molecule has 1 saturated carbocycles. The van der Waals surface area contributed by atoms with Crippen LogP contribution in [-0.4, -0.2) is 53.9 Å². The van der Waals surface area contributed by atoms with Crippen molar-refractivity contribution in [2.24, 2.45) is 5.92 Å². The zero-order valence-corrected chi connectivity index (χ0v) is 23.0. The van der Waals surface area contributed by atoms with Crippen molar-refractivity contribution >= 4 is 11.7 Å². The van der Waals surface area contributed by atoms with Gasteiger partial charge in [0.05, 0.1) is 19.3 Å². The van der Waals surface area contributed by atoms with Gasteiger partial charge >= 0.3 is 6.01 Å². The number of carbonyl (C=O) groups is 1. The lowest BCUT2D eigenvalue weighted by Crippen LogP contribution is -2.53. The van der Waals surface area contributed by atoms with E-state index in [0.717, 1.165) is 37.1 Å². The van der Waals surface area contributed by atoms with E-state index in [0.29, 0.717) is 19.0 Å². The molecular weight excluding hydrogens is 502 g/mol. The van der Waals surface area contributed by atoms with Gasteiger partial charge in [-0.1, -0.05) is 12.8 Å². The average Bonchev–Trinajstić information content (AvgIpc) is 3.60. The molecule has 1 unspecified atom stereocenters. The smallest absolute Gasteiger partial charge is 0.322 e. The standard InChI is InChI=1S/C27H35N7O5/c1-17-12-18(2)30-25(29-17)38-20-13-23(35)34(28-14-20)27(5,19-8-6-7-9-19)24(36)31-22-10-11-33(32-22)15-21-16-37-26(3,4)39-21/h10-14,19,21H,6-9,15-16H2,1-5H3,(H,31,32,36)/t21-,27?/m1/s1. The Hall–Kier alpha value is -3.64. The molecule has 4 heterocycles. The Balaban J connectivity index is 1.36. The monoisotopic (exact) mass is 537 g/mol. The Morgan fingerprint density at radius 2 is 1.92 bits per heavy atom. The Bertz CT molecular complexity index is 1390. The maximum Gasteiger partial charge on any atom is 0.322 e. The Labute approximate surface area is 226 Å². The van der Waals surface area contributed by atoms with Gasteiger partial charge in [0.2, 0.25) is 0 Å². The number of anilines is 1. The lowest BCUT2D eigenvalue weighted by atomic mass is 9.83. The number of aryl methyl sites for hydroxylation is 2. The molecule has 0 aromatic carbocycles. The lowest BCUT2D eigenvalue weighted by Gasteiger charge is -2.34. The van der Waals surface area contributed by atoms with Crippen molar-refractivity contribution in [3.05, 3.63) is 52.3 Å². The Morgan fingerprint density at radius 3 is 2.56 bits per heavy atom. The summed E-state index contributed by atoms with van der Waals surface area (Å²) in [5, 5.41) is 11.8. The van der Waals surface area contributed by atoms with Crippen LogP contribution in [0.2, 0.25) is 0 Å². The summed E-state index contributed by atoms with van der Waals surface area (Å²) < 4.78 is 20.2. The predicted octanol–water partition coefficient (Wildman–Crippen LogP) is 3.33. The van der Waals surface area contributed by atoms with Crippen LogP contribution in [0, 0.1) is 19.8 Å². The van der Waals surface area contributed by atoms with Crippen LogP contribution in [0.3, 0.4) is 0 Å². The van der Waals surface area contributed by atoms with Crippen molar-refractivity contribution in [2.75, 3.05) is 11.9 Å². The molecule has 1 N–H and O–H groups in total. The van der Waals surface area contributed by atoms with E-state index in [9.17, 15) is 9.59 Å². The summed E-state index contributed by atoms with van der Waals surface area (Å²) >= 11 is 0. The van der Waals surface area contributed by atoms with E-state index in [1.807, 2.05) is 33.8 Å². The highest BCUT2D eigenvalue weighted by molar-refractivity contribution is 5.95. The van der Waals surface area contributed by atoms with Crippen molar-refractivity contribution in [2.45, 2.75) is 84.3 Å². The van der Waals surface area contributed by atoms with Crippen molar-refractivity contribution in [1.82, 2.24) is 29.5 Å². The van der Waals surface area contributed by atoms with Crippen LogP contribution >= 0.6 is 0 Å². The summed E-state index contributed by atoms with van der Waals surface area (Å²) in [6, 6.07) is 5.01. The Morgan fingerprint density at radius 1 is 1.21 bits per heavy atom. The first-order chi connectivity index (χ1) is 18.5. The van der Waals surface area contributed by atoms with E-state index in [1.54, 1.807) is 23.9 Å². The van der Waals surface area contributed by atoms with Crippen LogP contribution in [0.5, 0.6) is 11.8 Å². The minimum atomic E-state index is -1.22. The molecule has 0 bridgehead atoms. The molecule has 1 aliphatic carbocycles. The van der Waals surface area contributed by atoms with E-state index >= 15 is 0 Å². The minimum absolute atomic E-state index is 0.0643. The van der Waals surface area contributed by atoms with Crippen molar-refractivity contribution in [1.29, 1.82) is 0 Å². The second-order valence-electron chi connectivity index (χ2n) is 10.9. The van der Waals surface area contributed by atoms with E-state index in [4.69, 9.17) is 14.2 Å². The number of nitrogens with one attached hydrogen (secondary N) is 1. The number of rotatable bonds is 8. The SMILES string of the molecule is Cc1cc(C)nc(Oc2cnn(C(C)(C(=O)Nc3ccn(C[C@@H]4COC(C)(C)O4)n3)C3CCCC3)c(=O)c2)n1. The first-order valence-corrected chi connectivity index (χ1v) is 13.3. The molecule has 1 saturated heterocycles. The molecule has 12 heteroatoms. The van der Waals surface area contributed by atoms with Crippen LogP contribution in [0.4, 0.5) is 5.82 Å². The quantitative estimate of drug-likeness (QED) is 0.459. The van der Waals surface area contributed by atoms with Gasteiger partial charge in [0.1, 0.15) is 11.6 Å². The molecule has 1 amide bonds. The van der Waals surface area contributed by atoms with Gasteiger partial charge in [0.25, 0.3) is 11.5 Å². The third-order valence-corrected chi connectivity index (χ3v) is 7.34. The maximum absolute atomic E-state index is 13.8. The molecule has 208 valence electrons. The lowest BCUT2D eigenvalue weighted by molar-refractivity contribution is -0.139. The molecule has 0 radical (unpaired) electrons. The molecule has 1 aliphatic heterocycles. The number of amides is 1. The van der Waals surface area contributed by atoms with Crippen molar-refractivity contribution in [3.8, 4) is 11.8 Å². The number of hydrogen-bond acceptors (Lipinski definition) is 9. The van der Waals surface area contributed by atoms with E-state index in [2.05, 4.69) is 25.5 Å². The van der Waals surface area contributed by atoms with Gasteiger partial charge in [-0.3, -0.25) is 14.3 Å². The molecule has 39 heavy (non-hydrogen) atoms. The number of carbonyl (C=O) groups excluding carboxylic acids is 1. The highest BCUT2D eigenvalue weighted by Gasteiger charge is 2.46. The molecule has 5 rings (SSSR count). The summed E-state index contributed by atoms with van der Waals surface area (Å²) in [6.07, 6.45) is 6.67. The second-order valence-corrected chi connectivity index (χ2v) is 10.9. The van der Waals surface area contributed by atoms with Crippen LogP contribution in [0.15, 0.2) is 35.4 Å². The molecular formula is C27H35N7O5. The highest BCUT2D eigenvalue weighted by atomic mass is 16.7. The maximum atomic E-state index is 13.8. The number of aromatic nitrogens is 6. The van der Waals surface area contributed by atoms with Gasteiger partial charge in [0.15, 0.2) is 17.4 Å². The minimum Gasteiger partial charge on any atom is -0.422 e. The molecule has 2 fully saturated rings. The van der Waals surface area contributed by atoms with E-state index in [-0.39, 0.29) is 29.7 Å². The van der Waals surface area contributed by atoms with Crippen LogP contribution < -0.4 is 15.6 Å². The number of hydrogen-bond donors (Lipinski definition) is 1. The zero-order valence-electron chi connectivity index (χ0n) is 23.0. The van der Waals surface area contributed by atoms with Crippen molar-refractivity contribution in [3.63, 3.8) is 0 Å². The van der Waals surface area contributed by atoms with Gasteiger partial charge in [-0.05, 0) is 59.4 Å². The third-order valence-electron chi connectivity index (χ3n) is 7.34. The predicted molar refractivity (Wildman–Crippen MR) is 141 cm³/mol. The molecule has 2 aliphatic rings. The largest absolute Gasteiger partial charge is 0.422 e. The fourth-order valence-corrected chi connectivity index (χ4v) is 5.42. The second kappa shape index (κ2) is 10.5. The molecule has 3 aromatic heterocycles. The van der Waals surface area contributed by atoms with Gasteiger partial charge in [-0.2, -0.15) is 10.2 Å². The topological polar surface area (TPSA) is 135 Å². The van der Waals surface area contributed by atoms with Gasteiger partial charge in [0, 0.05) is 29.7 Å². The molecule has 12 nitrogen and oxygen atoms in total. The summed E-state index contributed by atoms with van der Waals surface area (Å²) in [7, 11) is 0. The first-order valence-electron chi connectivity index (χ1n) is 13.3. The normalized spacial score (nSPS) is 20.6. The van der Waals surface area contributed by atoms with Gasteiger partial charge in [-0.25, -0.2) is 14.6 Å². The summed E-state index contributed by atoms with van der Waals surface area (Å²) in [5.41, 5.74) is -0.175. The number of nitrogens with zero attached hydrogens (tertiary/aromatic N) is 6. The summed E-state index contributed by atoms with van der Waals surface area (Å²) in [4.78, 5) is 35.6. The summed E-state index contributed by atoms with van der Waals surface area (Å²) in [6.45, 7) is 10.1. The zero-order chi connectivity index (χ0) is 27.8. The fourth-order valence-electron chi connectivity index (χ4n) is 5.42. The van der Waals surface area contributed by atoms with Crippen molar-refractivity contribution < 1.29 is 19.0 Å². The van der Waals surface area contributed by atoms with Crippen LogP contribution in [0.25, 0.3) is 0 Å². The van der Waals surface area contributed by atoms with Crippen LogP contribution in [0.1, 0.15) is 57.8 Å². The third kappa shape index (κ3) is 5.86. The van der Waals surface area contributed by atoms with E-state index < -0.39 is 16.9 Å². The van der Waals surface area contributed by atoms with Crippen LogP contribution in [-0.2, 0) is 26.4 Å². The summed E-state index contributed by atoms with van der Waals surface area (Å²) in [5.74, 6) is -0.435. The number of ether oxygens (including phenoxy) is 3. The Kier molecular flexibility index (Phi) is 7.25. The average molecular weight is 538 g/mol. The molecule has 0 spiro atoms. The highest BCUT2D eigenvalue weighted by Crippen LogP contribution is 2.39. The first kappa shape index (κ1) is 26.9. The van der Waals surface area contributed by atoms with E-state index in [1.165, 1.54) is 16.9 Å². The van der Waals surface area contributed by atoms with Gasteiger partial charge in [-0.15, -0.1) is 0 Å². The van der Waals surface area contributed by atoms with Gasteiger partial charge < -0.3 is 19.5 Å². The molecule has 2 atom stereocenters. The fraction of sp³-hybridized carbons (Fsp3) is 0.556. The molecule has 3 aromatic rings.